The summed E-state index contributed by atoms with van der Waals surface area (Å²) in [4.78, 5) is 10.5. The average molecular weight is 234 g/mol. The number of aliphatic carboxylic acids is 1. The van der Waals surface area contributed by atoms with E-state index in [2.05, 4.69) is 0 Å². The van der Waals surface area contributed by atoms with Crippen LogP contribution in [-0.4, -0.2) is 17.2 Å². The first-order valence-corrected chi connectivity index (χ1v) is 5.71. The van der Waals surface area contributed by atoms with Crippen molar-refractivity contribution in [3.8, 4) is 5.75 Å². The highest BCUT2D eigenvalue weighted by Gasteiger charge is 2.05. The molecule has 92 valence electrons. The maximum atomic E-state index is 10.5. The van der Waals surface area contributed by atoms with Gasteiger partial charge in [0.15, 0.2) is 0 Å². The van der Waals surface area contributed by atoms with Gasteiger partial charge in [-0.15, -0.1) is 0 Å². The summed E-state index contributed by atoms with van der Waals surface area (Å²) < 4.78 is 5.74. The van der Waals surface area contributed by atoms with E-state index in [4.69, 9.17) is 9.84 Å². The maximum Gasteiger partial charge on any atom is 0.328 e. The zero-order valence-corrected chi connectivity index (χ0v) is 10.4. The van der Waals surface area contributed by atoms with E-state index < -0.39 is 5.97 Å². The third-order valence-corrected chi connectivity index (χ3v) is 2.47. The number of hydrogen-bond acceptors (Lipinski definition) is 2. The van der Waals surface area contributed by atoms with Gasteiger partial charge in [-0.3, -0.25) is 0 Å². The summed E-state index contributed by atoms with van der Waals surface area (Å²) in [6.07, 6.45) is 3.72. The highest BCUT2D eigenvalue weighted by atomic mass is 16.5. The molecule has 3 heteroatoms. The van der Waals surface area contributed by atoms with Crippen LogP contribution in [-0.2, 0) is 4.79 Å². The smallest absolute Gasteiger partial charge is 0.328 e. The molecule has 3 nitrogen and oxygen atoms in total. The zero-order valence-electron chi connectivity index (χ0n) is 10.4. The third kappa shape index (κ3) is 4.31. The molecule has 0 saturated carbocycles. The van der Waals surface area contributed by atoms with Gasteiger partial charge in [0.05, 0.1) is 6.10 Å². The molecule has 1 atom stereocenters. The lowest BCUT2D eigenvalue weighted by Crippen LogP contribution is -2.10. The van der Waals surface area contributed by atoms with Gasteiger partial charge in [-0.2, -0.15) is 0 Å². The minimum absolute atomic E-state index is 0.120. The molecule has 0 aromatic heterocycles. The summed E-state index contributed by atoms with van der Waals surface area (Å²) in [7, 11) is 0. The van der Waals surface area contributed by atoms with Crippen LogP contribution in [0.5, 0.6) is 5.75 Å². The molecule has 1 aromatic carbocycles. The van der Waals surface area contributed by atoms with Crippen LogP contribution < -0.4 is 4.74 Å². The van der Waals surface area contributed by atoms with Crippen molar-refractivity contribution in [3.05, 3.63) is 35.4 Å². The molecule has 0 aliphatic carbocycles. The fourth-order valence-corrected chi connectivity index (χ4v) is 1.37. The Balaban J connectivity index is 2.99. The Labute approximate surface area is 102 Å². The quantitative estimate of drug-likeness (QED) is 0.795. The molecule has 0 aliphatic rings. The third-order valence-electron chi connectivity index (χ3n) is 2.47. The van der Waals surface area contributed by atoms with Crippen molar-refractivity contribution >= 4 is 12.0 Å². The van der Waals surface area contributed by atoms with Gasteiger partial charge in [0, 0.05) is 11.6 Å². The molecule has 0 fully saturated rings. The molecule has 0 saturated heterocycles. The number of carboxylic acid groups (broad SMARTS) is 1. The molecule has 0 spiro atoms. The SMILES string of the molecule is CCC(C)Oc1ccc(C)cc1C=CC(=O)O. The van der Waals surface area contributed by atoms with Crippen LogP contribution in [0, 0.1) is 6.92 Å². The molecular formula is C14H18O3. The largest absolute Gasteiger partial charge is 0.490 e. The molecule has 0 amide bonds. The Morgan fingerprint density at radius 2 is 2.24 bits per heavy atom. The standard InChI is InChI=1S/C14H18O3/c1-4-11(3)17-13-7-5-10(2)9-12(13)6-8-14(15)16/h5-9,11H,4H2,1-3H3,(H,15,16). The number of carboxylic acids is 1. The summed E-state index contributed by atoms with van der Waals surface area (Å²) in [5.74, 6) is -0.233. The molecule has 0 radical (unpaired) electrons. The number of rotatable bonds is 5. The number of aryl methyl sites for hydroxylation is 1. The lowest BCUT2D eigenvalue weighted by atomic mass is 10.1. The molecule has 0 aliphatic heterocycles. The fraction of sp³-hybridized carbons (Fsp3) is 0.357. The van der Waals surface area contributed by atoms with Crippen LogP contribution in [0.4, 0.5) is 0 Å². The molecule has 0 heterocycles. The summed E-state index contributed by atoms with van der Waals surface area (Å²) in [5.41, 5.74) is 1.87. The van der Waals surface area contributed by atoms with Crippen molar-refractivity contribution in [1.29, 1.82) is 0 Å². The van der Waals surface area contributed by atoms with Crippen LogP contribution >= 0.6 is 0 Å². The van der Waals surface area contributed by atoms with E-state index in [0.29, 0.717) is 0 Å². The van der Waals surface area contributed by atoms with Crippen molar-refractivity contribution in [1.82, 2.24) is 0 Å². The topological polar surface area (TPSA) is 46.5 Å². The van der Waals surface area contributed by atoms with Gasteiger partial charge >= 0.3 is 5.97 Å². The number of hydrogen-bond donors (Lipinski definition) is 1. The molecule has 1 unspecified atom stereocenters. The number of benzene rings is 1. The van der Waals surface area contributed by atoms with E-state index in [1.165, 1.54) is 0 Å². The second-order valence-electron chi connectivity index (χ2n) is 4.05. The van der Waals surface area contributed by atoms with Gasteiger partial charge < -0.3 is 9.84 Å². The predicted molar refractivity (Wildman–Crippen MR) is 68.2 cm³/mol. The fourth-order valence-electron chi connectivity index (χ4n) is 1.37. The number of carbonyl (C=O) groups is 1. The van der Waals surface area contributed by atoms with Crippen LogP contribution in [0.1, 0.15) is 31.4 Å². The Bertz CT molecular complexity index is 421. The predicted octanol–water partition coefficient (Wildman–Crippen LogP) is 3.27. The molecule has 1 N–H and O–H groups in total. The van der Waals surface area contributed by atoms with Gasteiger partial charge in [0.25, 0.3) is 0 Å². The lowest BCUT2D eigenvalue weighted by Gasteiger charge is -2.15. The Morgan fingerprint density at radius 3 is 2.82 bits per heavy atom. The first-order valence-electron chi connectivity index (χ1n) is 5.71. The van der Waals surface area contributed by atoms with Crippen LogP contribution in [0.15, 0.2) is 24.3 Å². The second kappa shape index (κ2) is 6.09. The average Bonchev–Trinajstić information content (AvgIpc) is 2.29. The van der Waals surface area contributed by atoms with Gasteiger partial charge in [-0.1, -0.05) is 18.6 Å². The Morgan fingerprint density at radius 1 is 1.53 bits per heavy atom. The monoisotopic (exact) mass is 234 g/mol. The van der Waals surface area contributed by atoms with Crippen molar-refractivity contribution in [2.75, 3.05) is 0 Å². The van der Waals surface area contributed by atoms with E-state index >= 15 is 0 Å². The van der Waals surface area contributed by atoms with Gasteiger partial charge in [0.2, 0.25) is 0 Å². The summed E-state index contributed by atoms with van der Waals surface area (Å²) in [5, 5.41) is 8.64. The van der Waals surface area contributed by atoms with Gasteiger partial charge in [-0.05, 0) is 38.5 Å². The van der Waals surface area contributed by atoms with Gasteiger partial charge in [0.1, 0.15) is 5.75 Å². The van der Waals surface area contributed by atoms with Crippen molar-refractivity contribution in [3.63, 3.8) is 0 Å². The summed E-state index contributed by atoms with van der Waals surface area (Å²) in [6.45, 7) is 6.00. The minimum atomic E-state index is -0.957. The van der Waals surface area contributed by atoms with Crippen LogP contribution in [0.25, 0.3) is 6.08 Å². The second-order valence-corrected chi connectivity index (χ2v) is 4.05. The molecule has 1 rings (SSSR count). The molecule has 1 aromatic rings. The number of ether oxygens (including phenoxy) is 1. The van der Waals surface area contributed by atoms with E-state index in [1.807, 2.05) is 39.0 Å². The maximum absolute atomic E-state index is 10.5. The summed E-state index contributed by atoms with van der Waals surface area (Å²) in [6, 6.07) is 5.75. The molecular weight excluding hydrogens is 216 g/mol. The van der Waals surface area contributed by atoms with Crippen molar-refractivity contribution in [2.24, 2.45) is 0 Å². The van der Waals surface area contributed by atoms with Gasteiger partial charge in [-0.25, -0.2) is 4.79 Å². The van der Waals surface area contributed by atoms with Crippen molar-refractivity contribution < 1.29 is 14.6 Å². The summed E-state index contributed by atoms with van der Waals surface area (Å²) >= 11 is 0. The van der Waals surface area contributed by atoms with Crippen LogP contribution in [0.3, 0.4) is 0 Å². The van der Waals surface area contributed by atoms with E-state index in [-0.39, 0.29) is 6.10 Å². The Hall–Kier alpha value is -1.77. The van der Waals surface area contributed by atoms with E-state index in [0.717, 1.165) is 29.4 Å². The highest BCUT2D eigenvalue weighted by molar-refractivity contribution is 5.85. The minimum Gasteiger partial charge on any atom is -0.490 e. The van der Waals surface area contributed by atoms with E-state index in [1.54, 1.807) is 6.08 Å². The highest BCUT2D eigenvalue weighted by Crippen LogP contribution is 2.23. The normalized spacial score (nSPS) is 12.6. The van der Waals surface area contributed by atoms with E-state index in [9.17, 15) is 4.79 Å². The Kier molecular flexibility index (Phi) is 4.76. The van der Waals surface area contributed by atoms with Crippen molar-refractivity contribution in [2.45, 2.75) is 33.3 Å². The van der Waals surface area contributed by atoms with Crippen LogP contribution in [0.2, 0.25) is 0 Å². The zero-order chi connectivity index (χ0) is 12.8. The molecule has 0 bridgehead atoms. The first-order chi connectivity index (χ1) is 8.02. The molecule has 17 heavy (non-hydrogen) atoms. The first kappa shape index (κ1) is 13.3. The lowest BCUT2D eigenvalue weighted by molar-refractivity contribution is -0.131.